The van der Waals surface area contributed by atoms with Crippen LogP contribution >= 0.6 is 0 Å². The second-order valence-corrected chi connectivity index (χ2v) is 4.98. The third-order valence-electron chi connectivity index (χ3n) is 3.39. The first kappa shape index (κ1) is 13.4. The summed E-state index contributed by atoms with van der Waals surface area (Å²) in [6, 6.07) is 15.9. The minimum atomic E-state index is 0.588. The number of nitrogens with zero attached hydrogens (tertiary/aromatic N) is 2. The molecule has 4 heteroatoms. The quantitative estimate of drug-likeness (QED) is 0.743. The van der Waals surface area contributed by atoms with Crippen molar-refractivity contribution in [3.05, 3.63) is 65.5 Å². The van der Waals surface area contributed by atoms with Gasteiger partial charge in [-0.25, -0.2) is 0 Å². The van der Waals surface area contributed by atoms with Crippen LogP contribution in [-0.4, -0.2) is 10.1 Å². The van der Waals surface area contributed by atoms with Gasteiger partial charge in [0.1, 0.15) is 0 Å². The lowest BCUT2D eigenvalue weighted by Crippen LogP contribution is -1.91. The van der Waals surface area contributed by atoms with Crippen molar-refractivity contribution in [3.63, 3.8) is 0 Å². The molecule has 0 unspecified atom stereocenters. The molecule has 0 atom stereocenters. The van der Waals surface area contributed by atoms with E-state index in [1.54, 1.807) is 0 Å². The van der Waals surface area contributed by atoms with Crippen molar-refractivity contribution in [2.24, 2.45) is 0 Å². The van der Waals surface area contributed by atoms with Crippen molar-refractivity contribution in [2.75, 3.05) is 5.73 Å². The van der Waals surface area contributed by atoms with Crippen LogP contribution in [0.15, 0.2) is 53.1 Å². The molecule has 4 nitrogen and oxygen atoms in total. The van der Waals surface area contributed by atoms with Gasteiger partial charge in [0, 0.05) is 11.3 Å². The van der Waals surface area contributed by atoms with Crippen LogP contribution in [0.2, 0.25) is 0 Å². The molecule has 2 aromatic carbocycles. The van der Waals surface area contributed by atoms with E-state index in [0.717, 1.165) is 23.2 Å². The van der Waals surface area contributed by atoms with Crippen LogP contribution in [0.3, 0.4) is 0 Å². The smallest absolute Gasteiger partial charge is 0.231 e. The van der Waals surface area contributed by atoms with E-state index in [4.69, 9.17) is 10.3 Å². The zero-order chi connectivity index (χ0) is 14.7. The SMILES string of the molecule is CCc1ccc(-c2noc(Cc3cccc(N)c3)n2)cc1. The minimum absolute atomic E-state index is 0.588. The summed E-state index contributed by atoms with van der Waals surface area (Å²) >= 11 is 0. The molecule has 0 saturated heterocycles. The molecule has 3 aromatic rings. The molecule has 0 spiro atoms. The summed E-state index contributed by atoms with van der Waals surface area (Å²) in [4.78, 5) is 4.44. The maximum atomic E-state index is 5.77. The Kier molecular flexibility index (Phi) is 3.69. The van der Waals surface area contributed by atoms with Crippen LogP contribution in [0.5, 0.6) is 0 Å². The molecule has 3 rings (SSSR count). The number of nitrogen functional groups attached to an aromatic ring is 1. The third kappa shape index (κ3) is 3.11. The van der Waals surface area contributed by atoms with Gasteiger partial charge in [0.15, 0.2) is 0 Å². The Morgan fingerprint density at radius 3 is 2.57 bits per heavy atom. The number of hydrogen-bond donors (Lipinski definition) is 1. The van der Waals surface area contributed by atoms with E-state index in [0.29, 0.717) is 18.1 Å². The van der Waals surface area contributed by atoms with Crippen molar-refractivity contribution < 1.29 is 4.52 Å². The fourth-order valence-corrected chi connectivity index (χ4v) is 2.21. The highest BCUT2D eigenvalue weighted by Crippen LogP contribution is 2.18. The molecule has 0 radical (unpaired) electrons. The zero-order valence-corrected chi connectivity index (χ0v) is 11.9. The Morgan fingerprint density at radius 1 is 1.05 bits per heavy atom. The number of benzene rings is 2. The predicted octanol–water partition coefficient (Wildman–Crippen LogP) is 3.47. The highest BCUT2D eigenvalue weighted by molar-refractivity contribution is 5.54. The van der Waals surface area contributed by atoms with Crippen LogP contribution < -0.4 is 5.73 Å². The minimum Gasteiger partial charge on any atom is -0.399 e. The Bertz CT molecular complexity index is 732. The highest BCUT2D eigenvalue weighted by Gasteiger charge is 2.09. The first-order chi connectivity index (χ1) is 10.2. The largest absolute Gasteiger partial charge is 0.399 e. The predicted molar refractivity (Wildman–Crippen MR) is 82.8 cm³/mol. The Balaban J connectivity index is 1.79. The van der Waals surface area contributed by atoms with Gasteiger partial charge in [-0.15, -0.1) is 0 Å². The van der Waals surface area contributed by atoms with Crippen molar-refractivity contribution in [2.45, 2.75) is 19.8 Å². The molecule has 21 heavy (non-hydrogen) atoms. The summed E-state index contributed by atoms with van der Waals surface area (Å²) in [7, 11) is 0. The van der Waals surface area contributed by atoms with Gasteiger partial charge < -0.3 is 10.3 Å². The molecule has 0 amide bonds. The van der Waals surface area contributed by atoms with E-state index >= 15 is 0 Å². The normalized spacial score (nSPS) is 10.7. The molecule has 106 valence electrons. The molecule has 1 aromatic heterocycles. The molecule has 0 aliphatic rings. The van der Waals surface area contributed by atoms with Crippen molar-refractivity contribution in [3.8, 4) is 11.4 Å². The van der Waals surface area contributed by atoms with Gasteiger partial charge in [0.05, 0.1) is 6.42 Å². The number of anilines is 1. The summed E-state index contributed by atoms with van der Waals surface area (Å²) in [5.41, 5.74) is 9.83. The van der Waals surface area contributed by atoms with Gasteiger partial charge >= 0.3 is 0 Å². The van der Waals surface area contributed by atoms with E-state index in [-0.39, 0.29) is 0 Å². The van der Waals surface area contributed by atoms with Crippen molar-refractivity contribution in [1.29, 1.82) is 0 Å². The van der Waals surface area contributed by atoms with Gasteiger partial charge in [-0.3, -0.25) is 0 Å². The van der Waals surface area contributed by atoms with Crippen molar-refractivity contribution >= 4 is 5.69 Å². The van der Waals surface area contributed by atoms with E-state index in [1.165, 1.54) is 5.56 Å². The molecule has 0 aliphatic heterocycles. The summed E-state index contributed by atoms with van der Waals surface area (Å²) < 4.78 is 5.32. The lowest BCUT2D eigenvalue weighted by Gasteiger charge is -1.98. The van der Waals surface area contributed by atoms with E-state index in [2.05, 4.69) is 29.2 Å². The standard InChI is InChI=1S/C17H17N3O/c1-2-12-6-8-14(9-7-12)17-19-16(21-20-17)11-13-4-3-5-15(18)10-13/h3-10H,2,11,18H2,1H3. The van der Waals surface area contributed by atoms with E-state index < -0.39 is 0 Å². The Labute approximate surface area is 123 Å². The molecule has 2 N–H and O–H groups in total. The molecular formula is C17H17N3O. The second kappa shape index (κ2) is 5.79. The molecule has 1 heterocycles. The third-order valence-corrected chi connectivity index (χ3v) is 3.39. The fraction of sp³-hybridized carbons (Fsp3) is 0.176. The number of rotatable bonds is 4. The maximum absolute atomic E-state index is 5.77. The van der Waals surface area contributed by atoms with Gasteiger partial charge in [-0.1, -0.05) is 48.5 Å². The lowest BCUT2D eigenvalue weighted by atomic mass is 10.1. The maximum Gasteiger partial charge on any atom is 0.231 e. The zero-order valence-electron chi connectivity index (χ0n) is 11.9. The number of aryl methyl sites for hydroxylation is 1. The topological polar surface area (TPSA) is 64.9 Å². The lowest BCUT2D eigenvalue weighted by molar-refractivity contribution is 0.386. The Hall–Kier alpha value is -2.62. The van der Waals surface area contributed by atoms with Gasteiger partial charge in [-0.05, 0) is 29.7 Å². The summed E-state index contributed by atoms with van der Waals surface area (Å²) in [6.45, 7) is 2.13. The second-order valence-electron chi connectivity index (χ2n) is 4.98. The van der Waals surface area contributed by atoms with Crippen LogP contribution in [0, 0.1) is 0 Å². The van der Waals surface area contributed by atoms with Crippen LogP contribution in [0.4, 0.5) is 5.69 Å². The fourth-order valence-electron chi connectivity index (χ4n) is 2.21. The van der Waals surface area contributed by atoms with E-state index in [9.17, 15) is 0 Å². The average molecular weight is 279 g/mol. The first-order valence-electron chi connectivity index (χ1n) is 7.01. The van der Waals surface area contributed by atoms with Crippen LogP contribution in [-0.2, 0) is 12.8 Å². The van der Waals surface area contributed by atoms with E-state index in [1.807, 2.05) is 36.4 Å². The molecule has 0 bridgehead atoms. The van der Waals surface area contributed by atoms with Crippen molar-refractivity contribution in [1.82, 2.24) is 10.1 Å². The first-order valence-corrected chi connectivity index (χ1v) is 7.01. The number of nitrogens with two attached hydrogens (primary N) is 1. The summed E-state index contributed by atoms with van der Waals surface area (Å²) in [5.74, 6) is 1.21. The van der Waals surface area contributed by atoms with Gasteiger partial charge in [0.2, 0.25) is 11.7 Å². The number of hydrogen-bond acceptors (Lipinski definition) is 4. The van der Waals surface area contributed by atoms with Crippen LogP contribution in [0.1, 0.15) is 23.9 Å². The molecule has 0 saturated carbocycles. The molecule has 0 fully saturated rings. The molecular weight excluding hydrogens is 262 g/mol. The summed E-state index contributed by atoms with van der Waals surface area (Å²) in [5, 5.41) is 4.04. The Morgan fingerprint density at radius 2 is 1.86 bits per heavy atom. The van der Waals surface area contributed by atoms with Crippen LogP contribution in [0.25, 0.3) is 11.4 Å². The monoisotopic (exact) mass is 279 g/mol. The number of aromatic nitrogens is 2. The van der Waals surface area contributed by atoms with Gasteiger partial charge in [0.25, 0.3) is 0 Å². The summed E-state index contributed by atoms with van der Waals surface area (Å²) in [6.07, 6.45) is 1.61. The average Bonchev–Trinajstić information content (AvgIpc) is 2.96. The van der Waals surface area contributed by atoms with Gasteiger partial charge in [-0.2, -0.15) is 4.98 Å². The highest BCUT2D eigenvalue weighted by atomic mass is 16.5. The molecule has 0 aliphatic carbocycles.